The van der Waals surface area contributed by atoms with Crippen LogP contribution in [-0.4, -0.2) is 27.8 Å². The van der Waals surface area contributed by atoms with Gasteiger partial charge >= 0.3 is 5.51 Å². The van der Waals surface area contributed by atoms with E-state index >= 15 is 0 Å². The summed E-state index contributed by atoms with van der Waals surface area (Å²) in [6, 6.07) is 0. The molecule has 19 heavy (non-hydrogen) atoms. The van der Waals surface area contributed by atoms with Crippen molar-refractivity contribution in [3.63, 3.8) is 0 Å². The maximum atomic E-state index is 12.0. The minimum atomic E-state index is -4.20. The summed E-state index contributed by atoms with van der Waals surface area (Å²) >= 11 is 5.90. The Kier molecular flexibility index (Phi) is 6.19. The van der Waals surface area contributed by atoms with Gasteiger partial charge in [0.2, 0.25) is 0 Å². The molecule has 1 rings (SSSR count). The van der Waals surface area contributed by atoms with E-state index in [1.54, 1.807) is 6.92 Å². The molecule has 8 heteroatoms. The van der Waals surface area contributed by atoms with E-state index in [4.69, 9.17) is 11.6 Å². The lowest BCUT2D eigenvalue weighted by atomic mass is 10.3. The second-order valence-corrected chi connectivity index (χ2v) is 5.39. The molecule has 0 aliphatic rings. The van der Waals surface area contributed by atoms with Crippen molar-refractivity contribution in [2.75, 3.05) is 17.6 Å². The van der Waals surface area contributed by atoms with Crippen LogP contribution in [0.3, 0.4) is 0 Å². The van der Waals surface area contributed by atoms with Gasteiger partial charge in [0.15, 0.2) is 0 Å². The average molecular weight is 314 g/mol. The van der Waals surface area contributed by atoms with Gasteiger partial charge in [-0.25, -0.2) is 9.97 Å². The zero-order valence-corrected chi connectivity index (χ0v) is 12.2. The Morgan fingerprint density at radius 1 is 1.32 bits per heavy atom. The average Bonchev–Trinajstić information content (AvgIpc) is 2.29. The molecule has 0 aliphatic heterocycles. The molecular formula is C11H15ClF3N3S. The molecule has 0 fully saturated rings. The van der Waals surface area contributed by atoms with Gasteiger partial charge in [-0.15, -0.1) is 0 Å². The Morgan fingerprint density at radius 3 is 2.58 bits per heavy atom. The van der Waals surface area contributed by atoms with Gasteiger partial charge < -0.3 is 5.32 Å². The highest BCUT2D eigenvalue weighted by Crippen LogP contribution is 2.29. The SMILES string of the molecule is CCCc1nc(Cl)c(C)c(NCCSC(F)(F)F)n1. The molecule has 1 aromatic rings. The van der Waals surface area contributed by atoms with Gasteiger partial charge in [0.1, 0.15) is 16.8 Å². The fourth-order valence-corrected chi connectivity index (χ4v) is 2.00. The van der Waals surface area contributed by atoms with E-state index in [1.807, 2.05) is 6.92 Å². The van der Waals surface area contributed by atoms with Crippen molar-refractivity contribution < 1.29 is 13.2 Å². The van der Waals surface area contributed by atoms with Crippen LogP contribution in [-0.2, 0) is 6.42 Å². The Hall–Kier alpha value is -0.690. The number of halogens is 4. The number of anilines is 1. The van der Waals surface area contributed by atoms with Crippen LogP contribution in [0.1, 0.15) is 24.7 Å². The lowest BCUT2D eigenvalue weighted by molar-refractivity contribution is -0.0327. The number of nitrogens with zero attached hydrogens (tertiary/aromatic N) is 2. The Labute approximate surface area is 119 Å². The fraction of sp³-hybridized carbons (Fsp3) is 0.636. The molecule has 0 saturated carbocycles. The molecule has 0 radical (unpaired) electrons. The number of thioether (sulfide) groups is 1. The van der Waals surface area contributed by atoms with E-state index in [0.717, 1.165) is 6.42 Å². The van der Waals surface area contributed by atoms with Gasteiger partial charge in [-0.2, -0.15) is 13.2 Å². The summed E-state index contributed by atoms with van der Waals surface area (Å²) in [6.45, 7) is 3.89. The van der Waals surface area contributed by atoms with Crippen LogP contribution >= 0.6 is 23.4 Å². The molecule has 0 aliphatic carbocycles. The maximum Gasteiger partial charge on any atom is 0.441 e. The summed E-state index contributed by atoms with van der Waals surface area (Å²) in [4.78, 5) is 8.38. The first-order chi connectivity index (χ1) is 8.83. The molecule has 0 aromatic carbocycles. The number of hydrogen-bond donors (Lipinski definition) is 1. The second-order valence-electron chi connectivity index (χ2n) is 3.88. The molecule has 0 amide bonds. The number of aryl methyl sites for hydroxylation is 1. The second kappa shape index (κ2) is 7.19. The van der Waals surface area contributed by atoms with Crippen molar-refractivity contribution >= 4 is 29.2 Å². The molecule has 0 spiro atoms. The van der Waals surface area contributed by atoms with Crippen molar-refractivity contribution in [1.29, 1.82) is 0 Å². The lowest BCUT2D eigenvalue weighted by Gasteiger charge is -2.11. The van der Waals surface area contributed by atoms with Gasteiger partial charge in [-0.05, 0) is 25.1 Å². The van der Waals surface area contributed by atoms with E-state index in [1.165, 1.54) is 0 Å². The molecule has 1 heterocycles. The predicted molar refractivity (Wildman–Crippen MR) is 72.8 cm³/mol. The van der Waals surface area contributed by atoms with Crippen LogP contribution in [0.15, 0.2) is 0 Å². The van der Waals surface area contributed by atoms with E-state index < -0.39 is 5.51 Å². The zero-order chi connectivity index (χ0) is 14.5. The van der Waals surface area contributed by atoms with Gasteiger partial charge in [-0.1, -0.05) is 18.5 Å². The van der Waals surface area contributed by atoms with Gasteiger partial charge in [0, 0.05) is 24.3 Å². The summed E-state index contributed by atoms with van der Waals surface area (Å²) in [5, 5.41) is 3.21. The molecule has 1 N–H and O–H groups in total. The molecular weight excluding hydrogens is 299 g/mol. The number of rotatable bonds is 6. The first kappa shape index (κ1) is 16.4. The fourth-order valence-electron chi connectivity index (χ4n) is 1.38. The van der Waals surface area contributed by atoms with Crippen molar-refractivity contribution in [1.82, 2.24) is 9.97 Å². The molecule has 0 bridgehead atoms. The highest BCUT2D eigenvalue weighted by Gasteiger charge is 2.27. The highest BCUT2D eigenvalue weighted by atomic mass is 35.5. The predicted octanol–water partition coefficient (Wildman–Crippen LogP) is 4.06. The third-order valence-electron chi connectivity index (χ3n) is 2.27. The van der Waals surface area contributed by atoms with Gasteiger partial charge in [0.05, 0.1) is 0 Å². The van der Waals surface area contributed by atoms with Crippen LogP contribution in [0.4, 0.5) is 19.0 Å². The Balaban J connectivity index is 2.61. The van der Waals surface area contributed by atoms with E-state index in [0.29, 0.717) is 28.8 Å². The molecule has 108 valence electrons. The summed E-state index contributed by atoms with van der Waals surface area (Å²) in [5.41, 5.74) is -3.55. The van der Waals surface area contributed by atoms with E-state index in [2.05, 4.69) is 15.3 Å². The molecule has 3 nitrogen and oxygen atoms in total. The summed E-state index contributed by atoms with van der Waals surface area (Å²) in [5.74, 6) is 1.03. The molecule has 0 atom stereocenters. The number of nitrogens with one attached hydrogen (secondary N) is 1. The minimum Gasteiger partial charge on any atom is -0.369 e. The van der Waals surface area contributed by atoms with E-state index in [9.17, 15) is 13.2 Å². The zero-order valence-electron chi connectivity index (χ0n) is 10.6. The standard InChI is InChI=1S/C11H15ClF3N3S/c1-3-4-8-17-9(12)7(2)10(18-8)16-5-6-19-11(13,14)15/h3-6H2,1-2H3,(H,16,17,18). The number of aromatic nitrogens is 2. The molecule has 1 aromatic heterocycles. The van der Waals surface area contributed by atoms with Crippen molar-refractivity contribution in [3.05, 3.63) is 16.5 Å². The Bertz CT molecular complexity index is 426. The smallest absolute Gasteiger partial charge is 0.369 e. The Morgan fingerprint density at radius 2 is 2.00 bits per heavy atom. The monoisotopic (exact) mass is 313 g/mol. The van der Waals surface area contributed by atoms with Crippen molar-refractivity contribution in [2.45, 2.75) is 32.2 Å². The van der Waals surface area contributed by atoms with Crippen molar-refractivity contribution in [2.24, 2.45) is 0 Å². The van der Waals surface area contributed by atoms with Crippen LogP contribution in [0.25, 0.3) is 0 Å². The van der Waals surface area contributed by atoms with Crippen LogP contribution in [0.5, 0.6) is 0 Å². The van der Waals surface area contributed by atoms with Crippen molar-refractivity contribution in [3.8, 4) is 0 Å². The maximum absolute atomic E-state index is 12.0. The number of hydrogen-bond acceptors (Lipinski definition) is 4. The van der Waals surface area contributed by atoms with Gasteiger partial charge in [0.25, 0.3) is 0 Å². The summed E-state index contributed by atoms with van der Waals surface area (Å²) in [7, 11) is 0. The summed E-state index contributed by atoms with van der Waals surface area (Å²) in [6.07, 6.45) is 1.56. The molecule has 0 saturated heterocycles. The van der Waals surface area contributed by atoms with Crippen LogP contribution < -0.4 is 5.32 Å². The minimum absolute atomic E-state index is 0.0616. The van der Waals surface area contributed by atoms with E-state index in [-0.39, 0.29) is 24.1 Å². The highest BCUT2D eigenvalue weighted by molar-refractivity contribution is 8.00. The van der Waals surface area contributed by atoms with Gasteiger partial charge in [-0.3, -0.25) is 0 Å². The summed E-state index contributed by atoms with van der Waals surface area (Å²) < 4.78 is 35.9. The third-order valence-corrected chi connectivity index (χ3v) is 3.37. The first-order valence-corrected chi connectivity index (χ1v) is 7.17. The third kappa shape index (κ3) is 5.86. The largest absolute Gasteiger partial charge is 0.441 e. The van der Waals surface area contributed by atoms with Crippen LogP contribution in [0.2, 0.25) is 5.15 Å². The topological polar surface area (TPSA) is 37.8 Å². The molecule has 0 unspecified atom stereocenters. The first-order valence-electron chi connectivity index (χ1n) is 5.81. The lowest BCUT2D eigenvalue weighted by Crippen LogP contribution is -2.12. The number of alkyl halides is 3. The quantitative estimate of drug-likeness (QED) is 0.635. The normalized spacial score (nSPS) is 11.7. The van der Waals surface area contributed by atoms with Crippen LogP contribution in [0, 0.1) is 6.92 Å².